The fourth-order valence-electron chi connectivity index (χ4n) is 2.60. The number of amides is 2. The zero-order valence-corrected chi connectivity index (χ0v) is 10.8. The molecule has 1 saturated carbocycles. The molecular formula is C15H18N2O2. The third kappa shape index (κ3) is 2.62. The van der Waals surface area contributed by atoms with E-state index in [1.165, 1.54) is 12.8 Å². The normalized spacial score (nSPS) is 23.4. The molecule has 19 heavy (non-hydrogen) atoms. The molecule has 1 aromatic carbocycles. The van der Waals surface area contributed by atoms with Gasteiger partial charge in [0, 0.05) is 6.54 Å². The summed E-state index contributed by atoms with van der Waals surface area (Å²) in [5.41, 5.74) is 0.892. The average molecular weight is 258 g/mol. The van der Waals surface area contributed by atoms with Crippen molar-refractivity contribution in [3.8, 4) is 0 Å². The summed E-state index contributed by atoms with van der Waals surface area (Å²) >= 11 is 0. The van der Waals surface area contributed by atoms with Crippen LogP contribution in [0.5, 0.6) is 0 Å². The Labute approximate surface area is 112 Å². The molecule has 0 spiro atoms. The van der Waals surface area contributed by atoms with Crippen LogP contribution in [0.1, 0.15) is 30.9 Å². The lowest BCUT2D eigenvalue weighted by Gasteiger charge is -2.35. The maximum absolute atomic E-state index is 12.1. The van der Waals surface area contributed by atoms with Crippen molar-refractivity contribution in [3.05, 3.63) is 35.9 Å². The van der Waals surface area contributed by atoms with E-state index >= 15 is 0 Å². The maximum Gasteiger partial charge on any atom is 0.247 e. The molecule has 100 valence electrons. The van der Waals surface area contributed by atoms with Crippen molar-refractivity contribution >= 4 is 11.8 Å². The highest BCUT2D eigenvalue weighted by atomic mass is 16.2. The summed E-state index contributed by atoms with van der Waals surface area (Å²) in [6, 6.07) is 9.09. The molecule has 2 fully saturated rings. The van der Waals surface area contributed by atoms with Crippen molar-refractivity contribution < 1.29 is 9.59 Å². The van der Waals surface area contributed by atoms with Crippen LogP contribution in [-0.4, -0.2) is 29.8 Å². The van der Waals surface area contributed by atoms with Crippen LogP contribution in [0.3, 0.4) is 0 Å². The maximum atomic E-state index is 12.1. The van der Waals surface area contributed by atoms with Crippen molar-refractivity contribution in [2.75, 3.05) is 13.1 Å². The molecule has 0 bridgehead atoms. The molecule has 1 N–H and O–H groups in total. The molecule has 1 heterocycles. The lowest BCUT2D eigenvalue weighted by atomic mass is 10.0. The lowest BCUT2D eigenvalue weighted by Crippen LogP contribution is -2.53. The lowest BCUT2D eigenvalue weighted by molar-refractivity contribution is -0.146. The molecule has 1 aliphatic heterocycles. The van der Waals surface area contributed by atoms with Gasteiger partial charge in [-0.15, -0.1) is 0 Å². The zero-order chi connectivity index (χ0) is 13.2. The second-order valence-electron chi connectivity index (χ2n) is 5.35. The Balaban J connectivity index is 1.81. The van der Waals surface area contributed by atoms with Gasteiger partial charge in [-0.05, 0) is 17.9 Å². The van der Waals surface area contributed by atoms with E-state index in [4.69, 9.17) is 0 Å². The van der Waals surface area contributed by atoms with Crippen LogP contribution in [0.25, 0.3) is 0 Å². The number of benzene rings is 1. The van der Waals surface area contributed by atoms with Gasteiger partial charge in [0.15, 0.2) is 0 Å². The van der Waals surface area contributed by atoms with Crippen LogP contribution in [0.2, 0.25) is 0 Å². The molecule has 0 radical (unpaired) electrons. The van der Waals surface area contributed by atoms with Gasteiger partial charge in [-0.2, -0.15) is 0 Å². The van der Waals surface area contributed by atoms with Crippen LogP contribution >= 0.6 is 0 Å². The standard InChI is InChI=1S/C15H18N2O2/c18-13-10-16-15(19)14(12-4-2-1-3-5-12)17(13)9-8-11-6-7-11/h1-5,11,14H,6-10H2,(H,16,19). The first-order chi connectivity index (χ1) is 9.25. The molecule has 2 aliphatic rings. The number of rotatable bonds is 4. The summed E-state index contributed by atoms with van der Waals surface area (Å²) < 4.78 is 0. The van der Waals surface area contributed by atoms with Gasteiger partial charge in [-0.25, -0.2) is 0 Å². The second kappa shape index (κ2) is 5.03. The molecule has 3 rings (SSSR count). The van der Waals surface area contributed by atoms with E-state index < -0.39 is 6.04 Å². The van der Waals surface area contributed by atoms with Crippen molar-refractivity contribution in [1.29, 1.82) is 0 Å². The molecule has 1 aliphatic carbocycles. The van der Waals surface area contributed by atoms with Crippen LogP contribution in [0, 0.1) is 5.92 Å². The zero-order valence-electron chi connectivity index (χ0n) is 10.8. The minimum absolute atomic E-state index is 0.0223. The van der Waals surface area contributed by atoms with Crippen molar-refractivity contribution in [3.63, 3.8) is 0 Å². The molecular weight excluding hydrogens is 240 g/mol. The van der Waals surface area contributed by atoms with Crippen LogP contribution < -0.4 is 5.32 Å². The van der Waals surface area contributed by atoms with E-state index in [2.05, 4.69) is 5.32 Å². The Morgan fingerprint density at radius 2 is 1.89 bits per heavy atom. The topological polar surface area (TPSA) is 49.4 Å². The van der Waals surface area contributed by atoms with Gasteiger partial charge in [-0.3, -0.25) is 9.59 Å². The Morgan fingerprint density at radius 1 is 1.16 bits per heavy atom. The molecule has 1 aromatic rings. The Bertz CT molecular complexity index is 482. The first-order valence-electron chi connectivity index (χ1n) is 6.88. The van der Waals surface area contributed by atoms with Gasteiger partial charge in [0.25, 0.3) is 0 Å². The van der Waals surface area contributed by atoms with E-state index in [0.717, 1.165) is 17.9 Å². The van der Waals surface area contributed by atoms with Crippen LogP contribution in [0.4, 0.5) is 0 Å². The summed E-state index contributed by atoms with van der Waals surface area (Å²) in [6.07, 6.45) is 3.55. The third-order valence-corrected chi connectivity index (χ3v) is 3.88. The first kappa shape index (κ1) is 12.2. The van der Waals surface area contributed by atoms with Crippen molar-refractivity contribution in [2.24, 2.45) is 5.92 Å². The molecule has 1 atom stereocenters. The highest BCUT2D eigenvalue weighted by Crippen LogP contribution is 2.34. The fourth-order valence-corrected chi connectivity index (χ4v) is 2.60. The second-order valence-corrected chi connectivity index (χ2v) is 5.35. The third-order valence-electron chi connectivity index (χ3n) is 3.88. The number of nitrogens with zero attached hydrogens (tertiary/aromatic N) is 1. The van der Waals surface area contributed by atoms with E-state index in [0.29, 0.717) is 6.54 Å². The highest BCUT2D eigenvalue weighted by Gasteiger charge is 2.36. The molecule has 1 saturated heterocycles. The van der Waals surface area contributed by atoms with E-state index in [1.54, 1.807) is 4.90 Å². The summed E-state index contributed by atoms with van der Waals surface area (Å²) in [4.78, 5) is 25.9. The van der Waals surface area contributed by atoms with E-state index in [1.807, 2.05) is 30.3 Å². The van der Waals surface area contributed by atoms with E-state index in [-0.39, 0.29) is 18.4 Å². The Morgan fingerprint density at radius 3 is 2.58 bits per heavy atom. The minimum Gasteiger partial charge on any atom is -0.345 e. The number of carbonyl (C=O) groups is 2. The summed E-state index contributed by atoms with van der Waals surface area (Å²) in [5, 5.41) is 2.68. The number of piperazine rings is 1. The summed E-state index contributed by atoms with van der Waals surface area (Å²) in [6.45, 7) is 0.823. The predicted octanol–water partition coefficient (Wildman–Crippen LogP) is 1.49. The van der Waals surface area contributed by atoms with Crippen molar-refractivity contribution in [2.45, 2.75) is 25.3 Å². The number of hydrogen-bond donors (Lipinski definition) is 1. The molecule has 0 aromatic heterocycles. The van der Waals surface area contributed by atoms with Gasteiger partial charge in [0.2, 0.25) is 11.8 Å². The highest BCUT2D eigenvalue weighted by molar-refractivity contribution is 5.95. The smallest absolute Gasteiger partial charge is 0.247 e. The molecule has 2 amide bonds. The largest absolute Gasteiger partial charge is 0.345 e. The fraction of sp³-hybridized carbons (Fsp3) is 0.467. The summed E-state index contributed by atoms with van der Waals surface area (Å²) in [5.74, 6) is 0.713. The molecule has 4 heteroatoms. The SMILES string of the molecule is O=C1NCC(=O)N(CCC2CC2)C1c1ccccc1. The number of nitrogens with one attached hydrogen (secondary N) is 1. The van der Waals surface area contributed by atoms with Gasteiger partial charge >= 0.3 is 0 Å². The van der Waals surface area contributed by atoms with Crippen molar-refractivity contribution in [1.82, 2.24) is 10.2 Å². The predicted molar refractivity (Wildman–Crippen MR) is 71.2 cm³/mol. The Kier molecular flexibility index (Phi) is 3.23. The summed E-state index contributed by atoms with van der Waals surface area (Å²) in [7, 11) is 0. The first-order valence-corrected chi connectivity index (χ1v) is 6.88. The van der Waals surface area contributed by atoms with Gasteiger partial charge < -0.3 is 10.2 Å². The number of carbonyl (C=O) groups excluding carboxylic acids is 2. The molecule has 4 nitrogen and oxygen atoms in total. The Hall–Kier alpha value is -1.84. The van der Waals surface area contributed by atoms with Crippen LogP contribution in [-0.2, 0) is 9.59 Å². The van der Waals surface area contributed by atoms with Crippen LogP contribution in [0.15, 0.2) is 30.3 Å². The average Bonchev–Trinajstić information content (AvgIpc) is 3.25. The van der Waals surface area contributed by atoms with Gasteiger partial charge in [-0.1, -0.05) is 43.2 Å². The molecule has 1 unspecified atom stereocenters. The quantitative estimate of drug-likeness (QED) is 0.889. The van der Waals surface area contributed by atoms with Gasteiger partial charge in [0.05, 0.1) is 6.54 Å². The number of hydrogen-bond acceptors (Lipinski definition) is 2. The van der Waals surface area contributed by atoms with Gasteiger partial charge in [0.1, 0.15) is 6.04 Å². The van der Waals surface area contributed by atoms with E-state index in [9.17, 15) is 9.59 Å². The minimum atomic E-state index is -0.457. The monoisotopic (exact) mass is 258 g/mol.